The van der Waals surface area contributed by atoms with Crippen molar-refractivity contribution in [2.45, 2.75) is 38.1 Å². The van der Waals surface area contributed by atoms with Gasteiger partial charge >= 0.3 is 0 Å². The van der Waals surface area contributed by atoms with E-state index in [1.807, 2.05) is 4.90 Å². The molecule has 0 aromatic rings. The van der Waals surface area contributed by atoms with E-state index in [2.05, 4.69) is 22.5 Å². The van der Waals surface area contributed by atoms with Crippen molar-refractivity contribution in [3.05, 3.63) is 0 Å². The van der Waals surface area contributed by atoms with Crippen LogP contribution in [-0.2, 0) is 9.59 Å². The van der Waals surface area contributed by atoms with Crippen molar-refractivity contribution in [3.63, 3.8) is 0 Å². The van der Waals surface area contributed by atoms with Gasteiger partial charge in [-0.25, -0.2) is 5.43 Å². The summed E-state index contributed by atoms with van der Waals surface area (Å²) in [5, 5.41) is 3.92. The lowest BCUT2D eigenvalue weighted by atomic mass is 9.84. The monoisotopic (exact) mass is 278 g/mol. The van der Waals surface area contributed by atoms with E-state index >= 15 is 0 Å². The van der Waals surface area contributed by atoms with Crippen LogP contribution in [0.3, 0.4) is 0 Å². The number of nitrogens with one attached hydrogen (secondary N) is 1. The number of piperidine rings is 2. The van der Waals surface area contributed by atoms with E-state index in [9.17, 15) is 9.59 Å². The van der Waals surface area contributed by atoms with Crippen LogP contribution in [0.5, 0.6) is 0 Å². The largest absolute Gasteiger partial charge is 0.337 e. The zero-order valence-corrected chi connectivity index (χ0v) is 12.0. The first-order valence-electron chi connectivity index (χ1n) is 7.50. The van der Waals surface area contributed by atoms with E-state index in [1.165, 1.54) is 19.4 Å². The SMILES string of the molecule is CN1CCCC2CN(C(=O)C3=NNC(=O)CC3)CCC21. The van der Waals surface area contributed by atoms with E-state index in [0.717, 1.165) is 19.5 Å². The van der Waals surface area contributed by atoms with Crippen LogP contribution in [0.1, 0.15) is 32.1 Å². The van der Waals surface area contributed by atoms with Crippen molar-refractivity contribution in [1.29, 1.82) is 0 Å². The molecule has 1 N–H and O–H groups in total. The average Bonchev–Trinajstić information content (AvgIpc) is 2.47. The maximum atomic E-state index is 12.4. The highest BCUT2D eigenvalue weighted by molar-refractivity contribution is 6.39. The fourth-order valence-corrected chi connectivity index (χ4v) is 3.65. The van der Waals surface area contributed by atoms with Gasteiger partial charge in [-0.2, -0.15) is 5.10 Å². The van der Waals surface area contributed by atoms with Gasteiger partial charge in [-0.3, -0.25) is 9.59 Å². The lowest BCUT2D eigenvalue weighted by Crippen LogP contribution is -2.55. The highest BCUT2D eigenvalue weighted by Crippen LogP contribution is 2.29. The second-order valence-corrected chi connectivity index (χ2v) is 6.08. The van der Waals surface area contributed by atoms with Gasteiger partial charge in [-0.15, -0.1) is 0 Å². The minimum absolute atomic E-state index is 0.0108. The molecule has 2 amide bonds. The predicted octanol–water partition coefficient (Wildman–Crippen LogP) is 0.195. The number of carbonyl (C=O) groups excluding carboxylic acids is 2. The zero-order valence-electron chi connectivity index (χ0n) is 12.0. The molecule has 3 rings (SSSR count). The summed E-state index contributed by atoms with van der Waals surface area (Å²) in [6.45, 7) is 2.81. The topological polar surface area (TPSA) is 65.0 Å². The molecule has 0 radical (unpaired) electrons. The summed E-state index contributed by atoms with van der Waals surface area (Å²) in [5.74, 6) is 0.496. The number of fused-ring (bicyclic) bond motifs is 1. The summed E-state index contributed by atoms with van der Waals surface area (Å²) < 4.78 is 0. The van der Waals surface area contributed by atoms with Crippen LogP contribution in [0, 0.1) is 5.92 Å². The number of hydrazone groups is 1. The molecule has 110 valence electrons. The first kappa shape index (κ1) is 13.5. The maximum Gasteiger partial charge on any atom is 0.270 e. The molecule has 0 spiro atoms. The molecule has 20 heavy (non-hydrogen) atoms. The third-order valence-corrected chi connectivity index (χ3v) is 4.78. The molecule has 6 nitrogen and oxygen atoms in total. The molecule has 2 fully saturated rings. The minimum Gasteiger partial charge on any atom is -0.337 e. The van der Waals surface area contributed by atoms with E-state index in [4.69, 9.17) is 0 Å². The number of rotatable bonds is 1. The van der Waals surface area contributed by atoms with Crippen LogP contribution >= 0.6 is 0 Å². The molecule has 0 aromatic heterocycles. The standard InChI is InChI=1S/C14H22N4O2/c1-17-7-2-3-10-9-18(8-6-12(10)17)14(20)11-4-5-13(19)16-15-11/h10,12H,2-9H2,1H3,(H,16,19). The summed E-state index contributed by atoms with van der Waals surface area (Å²) in [6.07, 6.45) is 4.31. The molecule has 0 bridgehead atoms. The fraction of sp³-hybridized carbons (Fsp3) is 0.786. The van der Waals surface area contributed by atoms with Crippen LogP contribution in [0.4, 0.5) is 0 Å². The summed E-state index contributed by atoms with van der Waals surface area (Å²) in [7, 11) is 2.19. The van der Waals surface area contributed by atoms with Crippen molar-refractivity contribution in [3.8, 4) is 0 Å². The van der Waals surface area contributed by atoms with Gasteiger partial charge in [0.1, 0.15) is 5.71 Å². The van der Waals surface area contributed by atoms with E-state index in [-0.39, 0.29) is 11.8 Å². The van der Waals surface area contributed by atoms with Gasteiger partial charge in [0.15, 0.2) is 0 Å². The lowest BCUT2D eigenvalue weighted by Gasteiger charge is -2.46. The molecule has 2 atom stereocenters. The molecule has 0 saturated carbocycles. The van der Waals surface area contributed by atoms with Crippen LogP contribution < -0.4 is 5.43 Å². The van der Waals surface area contributed by atoms with Gasteiger partial charge in [-0.05, 0) is 38.8 Å². The first-order valence-corrected chi connectivity index (χ1v) is 7.50. The molecule has 3 heterocycles. The Bertz CT molecular complexity index is 448. The van der Waals surface area contributed by atoms with Crippen molar-refractivity contribution in [2.24, 2.45) is 11.0 Å². The van der Waals surface area contributed by atoms with Crippen LogP contribution in [0.15, 0.2) is 5.10 Å². The molecular formula is C14H22N4O2. The molecule has 3 aliphatic heterocycles. The quantitative estimate of drug-likeness (QED) is 0.745. The Balaban J connectivity index is 1.64. The third-order valence-electron chi connectivity index (χ3n) is 4.78. The molecular weight excluding hydrogens is 256 g/mol. The van der Waals surface area contributed by atoms with Gasteiger partial charge in [0.05, 0.1) is 0 Å². The maximum absolute atomic E-state index is 12.4. The Labute approximate surface area is 119 Å². The Hall–Kier alpha value is -1.43. The van der Waals surface area contributed by atoms with Gasteiger partial charge in [0.25, 0.3) is 5.91 Å². The Morgan fingerprint density at radius 2 is 2.15 bits per heavy atom. The number of amides is 2. The highest BCUT2D eigenvalue weighted by Gasteiger charge is 2.36. The average molecular weight is 278 g/mol. The molecule has 2 unspecified atom stereocenters. The molecule has 0 aliphatic carbocycles. The normalized spacial score (nSPS) is 31.4. The van der Waals surface area contributed by atoms with Gasteiger partial charge in [0, 0.05) is 32.0 Å². The lowest BCUT2D eigenvalue weighted by molar-refractivity contribution is -0.127. The van der Waals surface area contributed by atoms with E-state index in [1.54, 1.807) is 0 Å². The molecule has 0 aromatic carbocycles. The predicted molar refractivity (Wildman–Crippen MR) is 75.2 cm³/mol. The summed E-state index contributed by atoms with van der Waals surface area (Å²) in [6, 6.07) is 0.626. The van der Waals surface area contributed by atoms with E-state index in [0.29, 0.717) is 30.5 Å². The smallest absolute Gasteiger partial charge is 0.270 e. The summed E-state index contributed by atoms with van der Waals surface area (Å²) in [5.41, 5.74) is 2.92. The molecule has 2 saturated heterocycles. The fourth-order valence-electron chi connectivity index (χ4n) is 3.65. The van der Waals surface area contributed by atoms with Gasteiger partial charge < -0.3 is 9.80 Å². The van der Waals surface area contributed by atoms with Crippen LogP contribution in [0.2, 0.25) is 0 Å². The third kappa shape index (κ3) is 2.57. The van der Waals surface area contributed by atoms with Crippen molar-refractivity contribution in [2.75, 3.05) is 26.7 Å². The number of hydrogen-bond donors (Lipinski definition) is 1. The summed E-state index contributed by atoms with van der Waals surface area (Å²) in [4.78, 5) is 27.9. The van der Waals surface area contributed by atoms with Crippen LogP contribution in [-0.4, -0.2) is 60.0 Å². The van der Waals surface area contributed by atoms with E-state index < -0.39 is 0 Å². The van der Waals surface area contributed by atoms with Crippen molar-refractivity contribution >= 4 is 17.5 Å². The highest BCUT2D eigenvalue weighted by atomic mass is 16.2. The molecule has 6 heteroatoms. The van der Waals surface area contributed by atoms with Crippen molar-refractivity contribution in [1.82, 2.24) is 15.2 Å². The molecule has 3 aliphatic rings. The summed E-state index contributed by atoms with van der Waals surface area (Å²) >= 11 is 0. The number of hydrogen-bond acceptors (Lipinski definition) is 4. The Morgan fingerprint density at radius 3 is 2.90 bits per heavy atom. The second kappa shape index (κ2) is 5.52. The Kier molecular flexibility index (Phi) is 3.74. The minimum atomic E-state index is -0.103. The van der Waals surface area contributed by atoms with Gasteiger partial charge in [0.2, 0.25) is 5.91 Å². The first-order chi connectivity index (χ1) is 9.65. The van der Waals surface area contributed by atoms with Crippen LogP contribution in [0.25, 0.3) is 0 Å². The Morgan fingerprint density at radius 1 is 1.30 bits per heavy atom. The second-order valence-electron chi connectivity index (χ2n) is 6.08. The van der Waals surface area contributed by atoms with Gasteiger partial charge in [-0.1, -0.05) is 0 Å². The van der Waals surface area contributed by atoms with Crippen molar-refractivity contribution < 1.29 is 9.59 Å². The number of nitrogens with zero attached hydrogens (tertiary/aromatic N) is 3. The number of carbonyl (C=O) groups is 2. The zero-order chi connectivity index (χ0) is 14.1. The number of likely N-dealkylation sites (tertiary alicyclic amines) is 2.